The summed E-state index contributed by atoms with van der Waals surface area (Å²) in [7, 11) is 4.02. The third kappa shape index (κ3) is 3.37. The average Bonchev–Trinajstić information content (AvgIpc) is 2.26. The minimum Gasteiger partial charge on any atom is -0.399 e. The molecule has 0 spiro atoms. The van der Waals surface area contributed by atoms with Gasteiger partial charge in [0, 0.05) is 23.5 Å². The standard InChI is InChI=1S/C13H22N4O/c1-13(2,17(3)4)8-16-11-7-9(14)5-6-10(11)12(15)18/h5-7,16H,8,14H2,1-4H3,(H2,15,18). The molecule has 0 saturated carbocycles. The summed E-state index contributed by atoms with van der Waals surface area (Å²) in [6.45, 7) is 4.90. The lowest BCUT2D eigenvalue weighted by Gasteiger charge is -2.33. The molecule has 5 heteroatoms. The first-order chi connectivity index (χ1) is 8.24. The molecule has 1 amide bonds. The van der Waals surface area contributed by atoms with E-state index in [0.29, 0.717) is 23.5 Å². The largest absolute Gasteiger partial charge is 0.399 e. The van der Waals surface area contributed by atoms with Gasteiger partial charge in [-0.15, -0.1) is 0 Å². The van der Waals surface area contributed by atoms with E-state index in [1.807, 2.05) is 14.1 Å². The summed E-state index contributed by atoms with van der Waals surface area (Å²) < 4.78 is 0. The maximum Gasteiger partial charge on any atom is 0.250 e. The van der Waals surface area contributed by atoms with Gasteiger partial charge in [-0.3, -0.25) is 4.79 Å². The molecule has 0 aliphatic rings. The lowest BCUT2D eigenvalue weighted by molar-refractivity contribution is 0.100. The van der Waals surface area contributed by atoms with Gasteiger partial charge in [0.05, 0.1) is 5.56 Å². The number of nitrogens with two attached hydrogens (primary N) is 2. The van der Waals surface area contributed by atoms with Gasteiger partial charge in [-0.05, 0) is 46.1 Å². The summed E-state index contributed by atoms with van der Waals surface area (Å²) in [6.07, 6.45) is 0. The Labute approximate surface area is 108 Å². The highest BCUT2D eigenvalue weighted by molar-refractivity contribution is 5.99. The van der Waals surface area contributed by atoms with Crippen LogP contribution >= 0.6 is 0 Å². The molecule has 18 heavy (non-hydrogen) atoms. The summed E-state index contributed by atoms with van der Waals surface area (Å²) in [6, 6.07) is 5.04. The molecule has 0 aliphatic carbocycles. The lowest BCUT2D eigenvalue weighted by Crippen LogP contribution is -2.44. The van der Waals surface area contributed by atoms with Crippen LogP contribution in [0, 0.1) is 0 Å². The van der Waals surface area contributed by atoms with E-state index in [0.717, 1.165) is 0 Å². The van der Waals surface area contributed by atoms with Crippen LogP contribution < -0.4 is 16.8 Å². The molecule has 0 fully saturated rings. The van der Waals surface area contributed by atoms with E-state index in [1.165, 1.54) is 0 Å². The van der Waals surface area contributed by atoms with Crippen LogP contribution in [0.4, 0.5) is 11.4 Å². The Hall–Kier alpha value is -1.75. The molecule has 0 atom stereocenters. The molecule has 0 bridgehead atoms. The number of nitrogen functional groups attached to an aromatic ring is 1. The minimum absolute atomic E-state index is 0.0421. The van der Waals surface area contributed by atoms with Gasteiger partial charge >= 0.3 is 0 Å². The van der Waals surface area contributed by atoms with Crippen molar-refractivity contribution in [1.29, 1.82) is 0 Å². The Morgan fingerprint density at radius 1 is 1.39 bits per heavy atom. The van der Waals surface area contributed by atoms with Crippen molar-refractivity contribution in [2.75, 3.05) is 31.7 Å². The Morgan fingerprint density at radius 2 is 2.00 bits per heavy atom. The number of carbonyl (C=O) groups excluding carboxylic acids is 1. The van der Waals surface area contributed by atoms with Gasteiger partial charge in [0.1, 0.15) is 0 Å². The average molecular weight is 250 g/mol. The second-order valence-corrected chi connectivity index (χ2v) is 5.23. The highest BCUT2D eigenvalue weighted by Crippen LogP contribution is 2.20. The number of rotatable bonds is 5. The first kappa shape index (κ1) is 14.3. The van der Waals surface area contributed by atoms with E-state index in [2.05, 4.69) is 24.1 Å². The third-order valence-electron chi connectivity index (χ3n) is 3.23. The highest BCUT2D eigenvalue weighted by Gasteiger charge is 2.20. The topological polar surface area (TPSA) is 84.4 Å². The van der Waals surface area contributed by atoms with Crippen molar-refractivity contribution < 1.29 is 4.79 Å². The molecule has 0 saturated heterocycles. The van der Waals surface area contributed by atoms with Gasteiger partial charge in [-0.2, -0.15) is 0 Å². The van der Waals surface area contributed by atoms with E-state index in [4.69, 9.17) is 11.5 Å². The highest BCUT2D eigenvalue weighted by atomic mass is 16.1. The molecule has 1 aromatic rings. The number of benzene rings is 1. The molecular weight excluding hydrogens is 228 g/mol. The van der Waals surface area contributed by atoms with Crippen molar-refractivity contribution in [2.24, 2.45) is 5.73 Å². The summed E-state index contributed by atoms with van der Waals surface area (Å²) in [5, 5.41) is 3.23. The number of nitrogens with one attached hydrogen (secondary N) is 1. The molecule has 0 radical (unpaired) electrons. The van der Waals surface area contributed by atoms with Crippen molar-refractivity contribution in [1.82, 2.24) is 4.90 Å². The number of hydrogen-bond acceptors (Lipinski definition) is 4. The third-order valence-corrected chi connectivity index (χ3v) is 3.23. The molecule has 1 rings (SSSR count). The first-order valence-corrected chi connectivity index (χ1v) is 5.84. The molecule has 1 aromatic carbocycles. The molecule has 0 unspecified atom stereocenters. The zero-order valence-corrected chi connectivity index (χ0v) is 11.4. The summed E-state index contributed by atoms with van der Waals surface area (Å²) in [5.41, 5.74) is 12.8. The van der Waals surface area contributed by atoms with Crippen molar-refractivity contribution >= 4 is 17.3 Å². The number of anilines is 2. The van der Waals surface area contributed by atoms with E-state index in [1.54, 1.807) is 18.2 Å². The number of hydrogen-bond donors (Lipinski definition) is 3. The van der Waals surface area contributed by atoms with Crippen LogP contribution in [-0.2, 0) is 0 Å². The van der Waals surface area contributed by atoms with Crippen LogP contribution in [-0.4, -0.2) is 37.0 Å². The van der Waals surface area contributed by atoms with Gasteiger partial charge in [-0.1, -0.05) is 0 Å². The van der Waals surface area contributed by atoms with E-state index < -0.39 is 5.91 Å². The van der Waals surface area contributed by atoms with Crippen LogP contribution in [0.5, 0.6) is 0 Å². The molecule has 0 aliphatic heterocycles. The second-order valence-electron chi connectivity index (χ2n) is 5.23. The molecule has 5 nitrogen and oxygen atoms in total. The number of amides is 1. The van der Waals surface area contributed by atoms with Gasteiger partial charge in [0.2, 0.25) is 0 Å². The van der Waals surface area contributed by atoms with E-state index in [9.17, 15) is 4.79 Å². The smallest absolute Gasteiger partial charge is 0.250 e. The quantitative estimate of drug-likeness (QED) is 0.684. The lowest BCUT2D eigenvalue weighted by atomic mass is 10.0. The van der Waals surface area contributed by atoms with Gasteiger partial charge < -0.3 is 21.7 Å². The van der Waals surface area contributed by atoms with Crippen LogP contribution in [0.15, 0.2) is 18.2 Å². The predicted molar refractivity (Wildman–Crippen MR) is 75.6 cm³/mol. The summed E-state index contributed by atoms with van der Waals surface area (Å²) in [4.78, 5) is 13.4. The van der Waals surface area contributed by atoms with Gasteiger partial charge in [0.25, 0.3) is 5.91 Å². The van der Waals surface area contributed by atoms with E-state index >= 15 is 0 Å². The van der Waals surface area contributed by atoms with Crippen molar-refractivity contribution in [3.05, 3.63) is 23.8 Å². The number of primary amides is 1. The maximum absolute atomic E-state index is 11.3. The van der Waals surface area contributed by atoms with Crippen LogP contribution in [0.25, 0.3) is 0 Å². The van der Waals surface area contributed by atoms with E-state index in [-0.39, 0.29) is 5.54 Å². The fourth-order valence-electron chi connectivity index (χ4n) is 1.39. The minimum atomic E-state index is -0.458. The van der Waals surface area contributed by atoms with Crippen molar-refractivity contribution in [3.8, 4) is 0 Å². The number of nitrogens with zero attached hydrogens (tertiary/aromatic N) is 1. The Kier molecular flexibility index (Phi) is 4.19. The Morgan fingerprint density at radius 3 is 2.50 bits per heavy atom. The monoisotopic (exact) mass is 250 g/mol. The van der Waals surface area contributed by atoms with Crippen LogP contribution in [0.3, 0.4) is 0 Å². The SMILES string of the molecule is CN(C)C(C)(C)CNc1cc(N)ccc1C(N)=O. The fraction of sp³-hybridized carbons (Fsp3) is 0.462. The molecule has 0 aromatic heterocycles. The van der Waals surface area contributed by atoms with Gasteiger partial charge in [0.15, 0.2) is 0 Å². The summed E-state index contributed by atoms with van der Waals surface area (Å²) >= 11 is 0. The molecule has 0 heterocycles. The van der Waals surface area contributed by atoms with Crippen LogP contribution in [0.2, 0.25) is 0 Å². The number of carbonyl (C=O) groups is 1. The normalized spacial score (nSPS) is 11.6. The Bertz CT molecular complexity index is 441. The molecular formula is C13H22N4O. The first-order valence-electron chi connectivity index (χ1n) is 5.84. The maximum atomic E-state index is 11.3. The Balaban J connectivity index is 2.90. The number of likely N-dealkylation sites (N-methyl/N-ethyl adjacent to an activating group) is 1. The van der Waals surface area contributed by atoms with Crippen LogP contribution in [0.1, 0.15) is 24.2 Å². The molecule has 100 valence electrons. The molecule has 5 N–H and O–H groups in total. The van der Waals surface area contributed by atoms with Crippen molar-refractivity contribution in [3.63, 3.8) is 0 Å². The van der Waals surface area contributed by atoms with Crippen molar-refractivity contribution in [2.45, 2.75) is 19.4 Å². The van der Waals surface area contributed by atoms with Gasteiger partial charge in [-0.25, -0.2) is 0 Å². The zero-order chi connectivity index (χ0) is 13.9. The summed E-state index contributed by atoms with van der Waals surface area (Å²) in [5.74, 6) is -0.458. The predicted octanol–water partition coefficient (Wildman–Crippen LogP) is 1.12. The fourth-order valence-corrected chi connectivity index (χ4v) is 1.39. The second kappa shape index (κ2) is 5.27. The zero-order valence-electron chi connectivity index (χ0n) is 11.4.